The van der Waals surface area contributed by atoms with Crippen molar-refractivity contribution in [1.82, 2.24) is 9.97 Å². The summed E-state index contributed by atoms with van der Waals surface area (Å²) in [4.78, 5) is 10.3. The molecule has 7 aromatic carbocycles. The lowest BCUT2D eigenvalue weighted by atomic mass is 9.90. The van der Waals surface area contributed by atoms with Gasteiger partial charge in [0.25, 0.3) is 0 Å². The van der Waals surface area contributed by atoms with Gasteiger partial charge in [-0.2, -0.15) is 0 Å². The lowest BCUT2D eigenvalue weighted by Gasteiger charge is -2.15. The smallest absolute Gasteiger partial charge is 0.0722 e. The van der Waals surface area contributed by atoms with Crippen molar-refractivity contribution < 1.29 is 0 Å². The molecule has 2 nitrogen and oxygen atoms in total. The van der Waals surface area contributed by atoms with Crippen LogP contribution in [-0.2, 0) is 0 Å². The van der Waals surface area contributed by atoms with Gasteiger partial charge in [-0.1, -0.05) is 164 Å². The molecule has 0 saturated heterocycles. The van der Waals surface area contributed by atoms with Gasteiger partial charge in [0.1, 0.15) is 0 Å². The minimum Gasteiger partial charge on any atom is -0.248 e. The Bertz CT molecular complexity index is 2560. The zero-order valence-corrected chi connectivity index (χ0v) is 27.4. The van der Waals surface area contributed by atoms with Crippen LogP contribution in [0, 0.1) is 0 Å². The average molecular weight is 637 g/mol. The van der Waals surface area contributed by atoms with E-state index in [-0.39, 0.29) is 0 Å². The quantitative estimate of drug-likeness (QED) is 0.170. The number of benzene rings is 7. The molecule has 0 unspecified atom stereocenters. The topological polar surface area (TPSA) is 25.8 Å². The SMILES string of the molecule is c1ccc(-c2cc(-c3cccc(-c4cccc5c4ccc4nc(-c6ccccc6)cc(-c6ccccc6)c45)c3)cc(-c3ccccc3)n2)cc1. The van der Waals surface area contributed by atoms with Crippen molar-refractivity contribution in [1.29, 1.82) is 0 Å². The molecular weight excluding hydrogens is 605 g/mol. The third kappa shape index (κ3) is 5.53. The minimum atomic E-state index is 0.958. The van der Waals surface area contributed by atoms with Crippen molar-refractivity contribution in [2.24, 2.45) is 0 Å². The van der Waals surface area contributed by atoms with Gasteiger partial charge in [-0.15, -0.1) is 0 Å². The number of aromatic nitrogens is 2. The Morgan fingerprint density at radius 1 is 0.260 bits per heavy atom. The Labute approximate surface area is 292 Å². The lowest BCUT2D eigenvalue weighted by Crippen LogP contribution is -1.93. The second-order valence-corrected chi connectivity index (χ2v) is 12.6. The first-order valence-corrected chi connectivity index (χ1v) is 17.0. The summed E-state index contributed by atoms with van der Waals surface area (Å²) in [5.74, 6) is 0. The van der Waals surface area contributed by atoms with Crippen LogP contribution in [0.25, 0.3) is 88.8 Å². The molecule has 0 atom stereocenters. The molecule has 2 heteroatoms. The van der Waals surface area contributed by atoms with Crippen molar-refractivity contribution in [3.05, 3.63) is 194 Å². The van der Waals surface area contributed by atoms with Crippen LogP contribution in [0.4, 0.5) is 0 Å². The molecule has 50 heavy (non-hydrogen) atoms. The van der Waals surface area contributed by atoms with Crippen LogP contribution in [0.15, 0.2) is 194 Å². The van der Waals surface area contributed by atoms with Gasteiger partial charge in [0, 0.05) is 22.1 Å². The summed E-state index contributed by atoms with van der Waals surface area (Å²) in [6.07, 6.45) is 0. The van der Waals surface area contributed by atoms with Crippen LogP contribution >= 0.6 is 0 Å². The lowest BCUT2D eigenvalue weighted by molar-refractivity contribution is 1.32. The summed E-state index contributed by atoms with van der Waals surface area (Å²) in [5.41, 5.74) is 14.2. The first-order valence-electron chi connectivity index (χ1n) is 17.0. The fraction of sp³-hybridized carbons (Fsp3) is 0. The maximum absolute atomic E-state index is 5.20. The first-order chi connectivity index (χ1) is 24.8. The molecule has 0 saturated carbocycles. The molecule has 0 amide bonds. The van der Waals surface area contributed by atoms with Gasteiger partial charge in [-0.25, -0.2) is 9.97 Å². The van der Waals surface area contributed by atoms with Gasteiger partial charge in [0.05, 0.1) is 22.6 Å². The molecule has 2 aromatic heterocycles. The number of rotatable bonds is 6. The fourth-order valence-corrected chi connectivity index (χ4v) is 7.02. The Hall–Kier alpha value is -6.64. The molecule has 0 fully saturated rings. The van der Waals surface area contributed by atoms with Crippen LogP contribution in [0.1, 0.15) is 0 Å². The predicted octanol–water partition coefficient (Wildman–Crippen LogP) is 12.8. The Morgan fingerprint density at radius 3 is 1.36 bits per heavy atom. The molecule has 2 heterocycles. The molecule has 9 aromatic rings. The zero-order chi connectivity index (χ0) is 33.3. The van der Waals surface area contributed by atoms with E-state index in [0.717, 1.165) is 50.4 Å². The van der Waals surface area contributed by atoms with Gasteiger partial charge >= 0.3 is 0 Å². The molecular formula is C48H32N2. The Balaban J connectivity index is 1.22. The molecule has 0 radical (unpaired) electrons. The summed E-state index contributed by atoms with van der Waals surface area (Å²) in [7, 11) is 0. The largest absolute Gasteiger partial charge is 0.248 e. The van der Waals surface area contributed by atoms with Gasteiger partial charge in [-0.3, -0.25) is 0 Å². The highest BCUT2D eigenvalue weighted by Gasteiger charge is 2.16. The van der Waals surface area contributed by atoms with E-state index in [0.29, 0.717) is 0 Å². The summed E-state index contributed by atoms with van der Waals surface area (Å²) in [6.45, 7) is 0. The Kier molecular flexibility index (Phi) is 7.53. The number of fused-ring (bicyclic) bond motifs is 3. The molecule has 0 aliphatic carbocycles. The van der Waals surface area contributed by atoms with Crippen LogP contribution in [-0.4, -0.2) is 9.97 Å². The molecule has 0 N–H and O–H groups in total. The third-order valence-corrected chi connectivity index (χ3v) is 9.46. The van der Waals surface area contributed by atoms with Crippen LogP contribution in [0.3, 0.4) is 0 Å². The molecule has 234 valence electrons. The number of hydrogen-bond acceptors (Lipinski definition) is 2. The predicted molar refractivity (Wildman–Crippen MR) is 210 cm³/mol. The van der Waals surface area contributed by atoms with Crippen molar-refractivity contribution in [2.75, 3.05) is 0 Å². The highest BCUT2D eigenvalue weighted by atomic mass is 14.7. The van der Waals surface area contributed by atoms with E-state index in [1.807, 2.05) is 18.2 Å². The van der Waals surface area contributed by atoms with Crippen molar-refractivity contribution in [3.8, 4) is 67.2 Å². The second kappa shape index (κ2) is 12.8. The van der Waals surface area contributed by atoms with Crippen molar-refractivity contribution in [3.63, 3.8) is 0 Å². The van der Waals surface area contributed by atoms with E-state index in [9.17, 15) is 0 Å². The maximum atomic E-state index is 5.20. The minimum absolute atomic E-state index is 0.958. The van der Waals surface area contributed by atoms with Crippen LogP contribution in [0.5, 0.6) is 0 Å². The fourth-order valence-electron chi connectivity index (χ4n) is 7.02. The van der Waals surface area contributed by atoms with Gasteiger partial charge < -0.3 is 0 Å². The van der Waals surface area contributed by atoms with E-state index in [1.165, 1.54) is 38.4 Å². The molecule has 0 aliphatic rings. The van der Waals surface area contributed by atoms with E-state index >= 15 is 0 Å². The molecule has 0 bridgehead atoms. The van der Waals surface area contributed by atoms with Gasteiger partial charge in [-0.05, 0) is 74.5 Å². The summed E-state index contributed by atoms with van der Waals surface area (Å²) in [5, 5.41) is 3.56. The average Bonchev–Trinajstić information content (AvgIpc) is 3.21. The standard InChI is InChI=1S/C48H32N2/c1-5-15-33(16-6-1)43-32-47(36-21-11-4-12-22-36)49-44-28-27-41-40(25-14-26-42(41)48(43)44)38-24-13-23-37(29-38)39-30-45(34-17-7-2-8-18-34)50-46(31-39)35-19-9-3-10-20-35/h1-32H. The number of hydrogen-bond donors (Lipinski definition) is 0. The highest BCUT2D eigenvalue weighted by molar-refractivity contribution is 6.17. The van der Waals surface area contributed by atoms with Crippen LogP contribution in [0.2, 0.25) is 0 Å². The second-order valence-electron chi connectivity index (χ2n) is 12.6. The van der Waals surface area contributed by atoms with E-state index in [4.69, 9.17) is 9.97 Å². The normalized spacial score (nSPS) is 11.2. The van der Waals surface area contributed by atoms with E-state index < -0.39 is 0 Å². The third-order valence-electron chi connectivity index (χ3n) is 9.46. The first kappa shape index (κ1) is 29.5. The number of nitrogens with zero attached hydrogens (tertiary/aromatic N) is 2. The van der Waals surface area contributed by atoms with Crippen molar-refractivity contribution >= 4 is 21.7 Å². The van der Waals surface area contributed by atoms with E-state index in [2.05, 4.69) is 176 Å². The summed E-state index contributed by atoms with van der Waals surface area (Å²) in [6, 6.07) is 68.6. The van der Waals surface area contributed by atoms with Gasteiger partial charge in [0.15, 0.2) is 0 Å². The summed E-state index contributed by atoms with van der Waals surface area (Å²) >= 11 is 0. The molecule has 9 rings (SSSR count). The van der Waals surface area contributed by atoms with Crippen LogP contribution < -0.4 is 0 Å². The van der Waals surface area contributed by atoms with Crippen molar-refractivity contribution in [2.45, 2.75) is 0 Å². The zero-order valence-electron chi connectivity index (χ0n) is 27.4. The molecule has 0 spiro atoms. The molecule has 0 aliphatic heterocycles. The number of pyridine rings is 2. The monoisotopic (exact) mass is 636 g/mol. The maximum Gasteiger partial charge on any atom is 0.0722 e. The van der Waals surface area contributed by atoms with Gasteiger partial charge in [0.2, 0.25) is 0 Å². The summed E-state index contributed by atoms with van der Waals surface area (Å²) < 4.78 is 0. The van der Waals surface area contributed by atoms with E-state index in [1.54, 1.807) is 0 Å². The highest BCUT2D eigenvalue weighted by Crippen LogP contribution is 2.40. The Morgan fingerprint density at radius 2 is 0.760 bits per heavy atom.